The molecule has 6 nitrogen and oxygen atoms in total. The smallest absolute Gasteiger partial charge is 0.434 e. The Kier molecular flexibility index (Phi) is 5.29. The van der Waals surface area contributed by atoms with Gasteiger partial charge in [0.25, 0.3) is 5.91 Å². The van der Waals surface area contributed by atoms with Crippen molar-refractivity contribution in [1.29, 1.82) is 0 Å². The number of amides is 1. The van der Waals surface area contributed by atoms with Gasteiger partial charge in [0.15, 0.2) is 5.69 Å². The van der Waals surface area contributed by atoms with Crippen molar-refractivity contribution in [2.45, 2.75) is 12.7 Å². The van der Waals surface area contributed by atoms with E-state index in [4.69, 9.17) is 10.5 Å². The zero-order valence-electron chi connectivity index (χ0n) is 16.7. The molecule has 4 rings (SSSR count). The quantitative estimate of drug-likeness (QED) is 0.462. The minimum absolute atomic E-state index is 0.0677. The van der Waals surface area contributed by atoms with Crippen LogP contribution < -0.4 is 10.5 Å². The molecule has 0 saturated carbocycles. The molecule has 0 radical (unpaired) electrons. The number of imidazole rings is 1. The van der Waals surface area contributed by atoms with E-state index < -0.39 is 23.6 Å². The molecule has 0 aliphatic rings. The number of benzene rings is 2. The summed E-state index contributed by atoms with van der Waals surface area (Å²) >= 11 is 0. The molecule has 32 heavy (non-hydrogen) atoms. The second-order valence-corrected chi connectivity index (χ2v) is 7.05. The molecule has 2 N–H and O–H groups in total. The number of aromatic nitrogens is 3. The van der Waals surface area contributed by atoms with Crippen LogP contribution >= 0.6 is 0 Å². The van der Waals surface area contributed by atoms with E-state index in [1.165, 1.54) is 29.9 Å². The molecule has 0 atom stereocenters. The van der Waals surface area contributed by atoms with Crippen molar-refractivity contribution in [3.05, 3.63) is 77.8 Å². The second-order valence-electron chi connectivity index (χ2n) is 7.05. The van der Waals surface area contributed by atoms with Gasteiger partial charge in [0.1, 0.15) is 17.3 Å². The predicted molar refractivity (Wildman–Crippen MR) is 109 cm³/mol. The molecule has 0 bridgehead atoms. The summed E-state index contributed by atoms with van der Waals surface area (Å²) in [5.74, 6) is -1.02. The molecule has 0 fully saturated rings. The lowest BCUT2D eigenvalue weighted by Crippen LogP contribution is -2.13. The van der Waals surface area contributed by atoms with Crippen LogP contribution in [0.3, 0.4) is 0 Å². The zero-order valence-corrected chi connectivity index (χ0v) is 16.7. The van der Waals surface area contributed by atoms with E-state index in [1.54, 1.807) is 24.3 Å². The van der Waals surface area contributed by atoms with Crippen LogP contribution in [-0.4, -0.2) is 27.6 Å². The van der Waals surface area contributed by atoms with Gasteiger partial charge in [0.2, 0.25) is 0 Å². The van der Waals surface area contributed by atoms with Gasteiger partial charge in [0.05, 0.1) is 19.0 Å². The number of pyridine rings is 1. The fraction of sp³-hybridized carbons (Fsp3) is 0.136. The molecule has 0 saturated heterocycles. The highest BCUT2D eigenvalue weighted by atomic mass is 19.4. The average molecular weight is 444 g/mol. The maximum atomic E-state index is 14.7. The number of nitrogens with zero attached hydrogens (tertiary/aromatic N) is 3. The Morgan fingerprint density at radius 2 is 1.91 bits per heavy atom. The number of hydrogen-bond donors (Lipinski definition) is 1. The van der Waals surface area contributed by atoms with Crippen molar-refractivity contribution < 1.29 is 27.1 Å². The first-order chi connectivity index (χ1) is 15.2. The van der Waals surface area contributed by atoms with Gasteiger partial charge in [-0.05, 0) is 35.4 Å². The third-order valence-corrected chi connectivity index (χ3v) is 4.88. The van der Waals surface area contributed by atoms with Gasteiger partial charge in [-0.3, -0.25) is 4.79 Å². The van der Waals surface area contributed by atoms with Crippen molar-refractivity contribution in [3.63, 3.8) is 0 Å². The first kappa shape index (κ1) is 21.3. The molecule has 0 spiro atoms. The lowest BCUT2D eigenvalue weighted by Gasteiger charge is -2.12. The van der Waals surface area contributed by atoms with Gasteiger partial charge in [-0.1, -0.05) is 12.1 Å². The Hall–Kier alpha value is -3.95. The van der Waals surface area contributed by atoms with E-state index in [0.29, 0.717) is 27.8 Å². The lowest BCUT2D eigenvalue weighted by atomic mass is 9.98. The third kappa shape index (κ3) is 4.11. The number of halogens is 4. The first-order valence-electron chi connectivity index (χ1n) is 9.32. The Labute approximate surface area is 179 Å². The molecule has 10 heteroatoms. The highest BCUT2D eigenvalue weighted by Gasteiger charge is 2.33. The number of nitrogens with two attached hydrogens (primary N) is 1. The predicted octanol–water partition coefficient (Wildman–Crippen LogP) is 4.41. The van der Waals surface area contributed by atoms with Crippen molar-refractivity contribution in [1.82, 2.24) is 14.5 Å². The molecule has 164 valence electrons. The van der Waals surface area contributed by atoms with Crippen LogP contribution in [0, 0.1) is 5.82 Å². The molecule has 0 aliphatic heterocycles. The van der Waals surface area contributed by atoms with E-state index in [-0.39, 0.29) is 17.8 Å². The summed E-state index contributed by atoms with van der Waals surface area (Å²) in [6.07, 6.45) is -2.56. The Morgan fingerprint density at radius 1 is 1.12 bits per heavy atom. The molecule has 2 aromatic carbocycles. The number of carbonyl (C=O) groups is 1. The molecule has 0 unspecified atom stereocenters. The van der Waals surface area contributed by atoms with Gasteiger partial charge < -0.3 is 15.0 Å². The van der Waals surface area contributed by atoms with Crippen LogP contribution in [0.4, 0.5) is 17.6 Å². The van der Waals surface area contributed by atoms with Crippen molar-refractivity contribution in [2.75, 3.05) is 7.11 Å². The SMILES string of the molecule is COc1ccc(-c2cc(C(N)=O)nc3cc(Cn4cnc(C(F)(F)F)c4)ccc23)c(F)c1. The molecule has 2 heterocycles. The summed E-state index contributed by atoms with van der Waals surface area (Å²) in [6.45, 7) is 0.0910. The van der Waals surface area contributed by atoms with Crippen LogP contribution in [-0.2, 0) is 12.7 Å². The maximum Gasteiger partial charge on any atom is 0.434 e. The number of methoxy groups -OCH3 is 1. The number of primary amides is 1. The standard InChI is InChI=1S/C22H16F4N4O2/c1-32-13-3-5-14(17(23)7-13)16-8-19(21(27)31)29-18-6-12(2-4-15(16)18)9-30-10-20(28-11-30)22(24,25)26/h2-8,10-11H,9H2,1H3,(H2,27,31). The monoisotopic (exact) mass is 444 g/mol. The molecular formula is C22H16F4N4O2. The van der Waals surface area contributed by atoms with Crippen LogP contribution in [0.5, 0.6) is 5.75 Å². The zero-order chi connectivity index (χ0) is 23.0. The first-order valence-corrected chi connectivity index (χ1v) is 9.32. The fourth-order valence-corrected chi connectivity index (χ4v) is 3.37. The fourth-order valence-electron chi connectivity index (χ4n) is 3.37. The van der Waals surface area contributed by atoms with Gasteiger partial charge >= 0.3 is 6.18 Å². The van der Waals surface area contributed by atoms with Gasteiger partial charge in [-0.2, -0.15) is 13.2 Å². The normalized spacial score (nSPS) is 11.7. The van der Waals surface area contributed by atoms with Gasteiger partial charge in [-0.25, -0.2) is 14.4 Å². The summed E-state index contributed by atoms with van der Waals surface area (Å²) in [5.41, 5.74) is 5.92. The topological polar surface area (TPSA) is 83.0 Å². The number of carbonyl (C=O) groups excluding carboxylic acids is 1. The highest BCUT2D eigenvalue weighted by molar-refractivity contribution is 6.01. The van der Waals surface area contributed by atoms with E-state index in [9.17, 15) is 22.4 Å². The van der Waals surface area contributed by atoms with E-state index >= 15 is 0 Å². The summed E-state index contributed by atoms with van der Waals surface area (Å²) in [6, 6.07) is 10.7. The maximum absolute atomic E-state index is 14.7. The molecule has 4 aromatic rings. The lowest BCUT2D eigenvalue weighted by molar-refractivity contribution is -0.140. The van der Waals surface area contributed by atoms with Crippen molar-refractivity contribution >= 4 is 16.8 Å². The largest absolute Gasteiger partial charge is 0.497 e. The number of fused-ring (bicyclic) bond motifs is 1. The number of rotatable bonds is 5. The summed E-state index contributed by atoms with van der Waals surface area (Å²) < 4.78 is 59.4. The molecular weight excluding hydrogens is 428 g/mol. The van der Waals surface area contributed by atoms with Gasteiger partial charge in [-0.15, -0.1) is 0 Å². The Morgan fingerprint density at radius 3 is 2.53 bits per heavy atom. The summed E-state index contributed by atoms with van der Waals surface area (Å²) in [4.78, 5) is 19.4. The van der Waals surface area contributed by atoms with Crippen LogP contribution in [0.25, 0.3) is 22.0 Å². The number of alkyl halides is 3. The van der Waals surface area contributed by atoms with Crippen LogP contribution in [0.15, 0.2) is 55.0 Å². The Balaban J connectivity index is 1.79. The van der Waals surface area contributed by atoms with E-state index in [2.05, 4.69) is 9.97 Å². The van der Waals surface area contributed by atoms with Crippen LogP contribution in [0.1, 0.15) is 21.7 Å². The summed E-state index contributed by atoms with van der Waals surface area (Å²) in [5, 5.41) is 0.546. The minimum Gasteiger partial charge on any atom is -0.497 e. The Bertz CT molecular complexity index is 1330. The van der Waals surface area contributed by atoms with E-state index in [1.807, 2.05) is 0 Å². The average Bonchev–Trinajstić information content (AvgIpc) is 3.21. The molecule has 2 aromatic heterocycles. The van der Waals surface area contributed by atoms with Crippen molar-refractivity contribution in [3.8, 4) is 16.9 Å². The van der Waals surface area contributed by atoms with Gasteiger partial charge in [0, 0.05) is 29.8 Å². The third-order valence-electron chi connectivity index (χ3n) is 4.88. The molecule has 0 aliphatic carbocycles. The second kappa shape index (κ2) is 7.95. The van der Waals surface area contributed by atoms with E-state index in [0.717, 1.165) is 12.5 Å². The van der Waals surface area contributed by atoms with Crippen LogP contribution in [0.2, 0.25) is 0 Å². The number of hydrogen-bond acceptors (Lipinski definition) is 4. The number of ether oxygens (including phenoxy) is 1. The summed E-state index contributed by atoms with van der Waals surface area (Å²) in [7, 11) is 1.42. The highest BCUT2D eigenvalue weighted by Crippen LogP contribution is 2.33. The molecule has 1 amide bonds. The van der Waals surface area contributed by atoms with Crippen molar-refractivity contribution in [2.24, 2.45) is 5.73 Å². The minimum atomic E-state index is -4.54.